The number of hydrogen-bond donors (Lipinski definition) is 2. The Labute approximate surface area is 126 Å². The van der Waals surface area contributed by atoms with E-state index in [0.717, 1.165) is 32.6 Å². The zero-order valence-corrected chi connectivity index (χ0v) is 12.9. The maximum absolute atomic E-state index is 10.8. The second-order valence-corrected chi connectivity index (χ2v) is 6.05. The number of piperazine rings is 1. The van der Waals surface area contributed by atoms with Crippen molar-refractivity contribution in [3.63, 3.8) is 0 Å². The molecule has 21 heavy (non-hydrogen) atoms. The minimum atomic E-state index is -0.720. The van der Waals surface area contributed by atoms with E-state index in [4.69, 9.17) is 5.11 Å². The summed E-state index contributed by atoms with van der Waals surface area (Å²) in [7, 11) is 0. The van der Waals surface area contributed by atoms with Crippen LogP contribution < -0.4 is 10.2 Å². The van der Waals surface area contributed by atoms with Gasteiger partial charge in [-0.25, -0.2) is 0 Å². The van der Waals surface area contributed by atoms with Gasteiger partial charge >= 0.3 is 5.97 Å². The Kier molecular flexibility index (Phi) is 5.56. The fourth-order valence-electron chi connectivity index (χ4n) is 2.93. The van der Waals surface area contributed by atoms with Crippen LogP contribution >= 0.6 is 0 Å². The van der Waals surface area contributed by atoms with Gasteiger partial charge in [-0.1, -0.05) is 13.8 Å². The van der Waals surface area contributed by atoms with Crippen LogP contribution in [0.1, 0.15) is 38.2 Å². The number of anilines is 1. The molecule has 1 fully saturated rings. The van der Waals surface area contributed by atoms with E-state index < -0.39 is 5.97 Å². The molecular formula is C16H25N3O2. The van der Waals surface area contributed by atoms with Crippen molar-refractivity contribution in [2.24, 2.45) is 5.92 Å². The maximum atomic E-state index is 10.8. The van der Waals surface area contributed by atoms with E-state index in [9.17, 15) is 4.79 Å². The lowest BCUT2D eigenvalue weighted by atomic mass is 9.90. The van der Waals surface area contributed by atoms with Crippen LogP contribution in [0.2, 0.25) is 0 Å². The third-order valence-corrected chi connectivity index (χ3v) is 4.08. The zero-order valence-electron chi connectivity index (χ0n) is 12.9. The van der Waals surface area contributed by atoms with Crippen LogP contribution in [-0.2, 0) is 4.79 Å². The van der Waals surface area contributed by atoms with E-state index in [-0.39, 0.29) is 12.3 Å². The lowest BCUT2D eigenvalue weighted by molar-refractivity contribution is -0.138. The highest BCUT2D eigenvalue weighted by Gasteiger charge is 2.16. The standard InChI is InChI=1S/C16H25N3O2/c1-12(8-16(20)21)7-13(2)14-9-15(11-18-10-14)19-5-3-17-4-6-19/h9-13,17H,3-8H2,1-2H3,(H,20,21). The molecule has 0 spiro atoms. The predicted molar refractivity (Wildman–Crippen MR) is 83.8 cm³/mol. The van der Waals surface area contributed by atoms with Gasteiger partial charge in [-0.05, 0) is 29.9 Å². The van der Waals surface area contributed by atoms with Crippen LogP contribution in [0, 0.1) is 5.92 Å². The molecule has 2 atom stereocenters. The summed E-state index contributed by atoms with van der Waals surface area (Å²) in [6.07, 6.45) is 4.93. The second-order valence-electron chi connectivity index (χ2n) is 6.05. The van der Waals surface area contributed by atoms with Gasteiger partial charge in [0.2, 0.25) is 0 Å². The smallest absolute Gasteiger partial charge is 0.303 e. The number of carboxylic acid groups (broad SMARTS) is 1. The van der Waals surface area contributed by atoms with Crippen molar-refractivity contribution < 1.29 is 9.90 Å². The van der Waals surface area contributed by atoms with Crippen LogP contribution in [0.3, 0.4) is 0 Å². The molecule has 0 bridgehead atoms. The van der Waals surface area contributed by atoms with Crippen LogP contribution in [0.5, 0.6) is 0 Å². The molecular weight excluding hydrogens is 266 g/mol. The van der Waals surface area contributed by atoms with Gasteiger partial charge in [-0.3, -0.25) is 9.78 Å². The lowest BCUT2D eigenvalue weighted by Crippen LogP contribution is -2.43. The number of hydrogen-bond acceptors (Lipinski definition) is 4. The second kappa shape index (κ2) is 7.41. The van der Waals surface area contributed by atoms with Crippen molar-refractivity contribution in [3.8, 4) is 0 Å². The van der Waals surface area contributed by atoms with Gasteiger partial charge in [0.25, 0.3) is 0 Å². The van der Waals surface area contributed by atoms with Crippen molar-refractivity contribution in [1.82, 2.24) is 10.3 Å². The van der Waals surface area contributed by atoms with E-state index in [1.807, 2.05) is 19.3 Å². The van der Waals surface area contributed by atoms with Gasteiger partial charge in [0, 0.05) is 38.8 Å². The Morgan fingerprint density at radius 3 is 2.76 bits per heavy atom. The van der Waals surface area contributed by atoms with Gasteiger partial charge in [-0.2, -0.15) is 0 Å². The number of aliphatic carboxylic acids is 1. The van der Waals surface area contributed by atoms with E-state index in [1.54, 1.807) is 0 Å². The molecule has 0 radical (unpaired) electrons. The van der Waals surface area contributed by atoms with E-state index in [0.29, 0.717) is 5.92 Å². The van der Waals surface area contributed by atoms with E-state index >= 15 is 0 Å². The molecule has 1 aliphatic rings. The first-order valence-electron chi connectivity index (χ1n) is 7.68. The van der Waals surface area contributed by atoms with Crippen LogP contribution in [0.15, 0.2) is 18.5 Å². The predicted octanol–water partition coefficient (Wildman–Crippen LogP) is 2.10. The first kappa shape index (κ1) is 15.8. The first-order chi connectivity index (χ1) is 10.1. The highest BCUT2D eigenvalue weighted by atomic mass is 16.4. The summed E-state index contributed by atoms with van der Waals surface area (Å²) in [6.45, 7) is 8.18. The van der Waals surface area contributed by atoms with Gasteiger partial charge in [-0.15, -0.1) is 0 Å². The molecule has 5 nitrogen and oxygen atoms in total. The van der Waals surface area contributed by atoms with E-state index in [1.165, 1.54) is 11.3 Å². The van der Waals surface area contributed by atoms with Gasteiger partial charge in [0.1, 0.15) is 0 Å². The number of nitrogens with zero attached hydrogens (tertiary/aromatic N) is 2. The average Bonchev–Trinajstić information content (AvgIpc) is 2.47. The zero-order chi connectivity index (χ0) is 15.2. The highest BCUT2D eigenvalue weighted by Crippen LogP contribution is 2.27. The molecule has 1 aliphatic heterocycles. The number of rotatable bonds is 6. The molecule has 2 N–H and O–H groups in total. The van der Waals surface area contributed by atoms with E-state index in [2.05, 4.69) is 28.2 Å². The Hall–Kier alpha value is -1.62. The molecule has 1 saturated heterocycles. The molecule has 2 heterocycles. The largest absolute Gasteiger partial charge is 0.481 e. The third kappa shape index (κ3) is 4.70. The molecule has 1 aromatic heterocycles. The Balaban J connectivity index is 2.00. The minimum absolute atomic E-state index is 0.181. The average molecular weight is 291 g/mol. The van der Waals surface area contributed by atoms with Gasteiger partial charge < -0.3 is 15.3 Å². The fourth-order valence-corrected chi connectivity index (χ4v) is 2.93. The SMILES string of the molecule is CC(CC(=O)O)CC(C)c1cncc(N2CCNCC2)c1. The summed E-state index contributed by atoms with van der Waals surface area (Å²) in [5.41, 5.74) is 2.37. The number of nitrogens with one attached hydrogen (secondary N) is 1. The summed E-state index contributed by atoms with van der Waals surface area (Å²) in [5, 5.41) is 12.2. The minimum Gasteiger partial charge on any atom is -0.481 e. The Morgan fingerprint density at radius 1 is 1.38 bits per heavy atom. The van der Waals surface area contributed by atoms with Gasteiger partial charge in [0.05, 0.1) is 11.9 Å². The quantitative estimate of drug-likeness (QED) is 0.840. The molecule has 0 saturated carbocycles. The molecule has 5 heteroatoms. The molecule has 0 aromatic carbocycles. The lowest BCUT2D eigenvalue weighted by Gasteiger charge is -2.29. The first-order valence-corrected chi connectivity index (χ1v) is 7.68. The molecule has 116 valence electrons. The van der Waals surface area contributed by atoms with Crippen molar-refractivity contribution >= 4 is 11.7 Å². The summed E-state index contributed by atoms with van der Waals surface area (Å²) in [4.78, 5) is 17.5. The van der Waals surface area contributed by atoms with Crippen molar-refractivity contribution in [2.45, 2.75) is 32.6 Å². The summed E-state index contributed by atoms with van der Waals surface area (Å²) in [5.74, 6) is -0.211. The van der Waals surface area contributed by atoms with Crippen LogP contribution in [0.4, 0.5) is 5.69 Å². The molecule has 2 rings (SSSR count). The maximum Gasteiger partial charge on any atom is 0.303 e. The molecule has 0 amide bonds. The van der Waals surface area contributed by atoms with Crippen molar-refractivity contribution in [3.05, 3.63) is 24.0 Å². The van der Waals surface area contributed by atoms with Crippen molar-refractivity contribution in [2.75, 3.05) is 31.1 Å². The number of pyridine rings is 1. The Bertz CT molecular complexity index is 472. The number of carboxylic acids is 1. The molecule has 0 aliphatic carbocycles. The Morgan fingerprint density at radius 2 is 2.10 bits per heavy atom. The number of carbonyl (C=O) groups is 1. The van der Waals surface area contributed by atoms with Gasteiger partial charge in [0.15, 0.2) is 0 Å². The van der Waals surface area contributed by atoms with Crippen molar-refractivity contribution in [1.29, 1.82) is 0 Å². The third-order valence-electron chi connectivity index (χ3n) is 4.08. The monoisotopic (exact) mass is 291 g/mol. The highest BCUT2D eigenvalue weighted by molar-refractivity contribution is 5.66. The summed E-state index contributed by atoms with van der Waals surface area (Å²) >= 11 is 0. The number of aromatic nitrogens is 1. The fraction of sp³-hybridized carbons (Fsp3) is 0.625. The molecule has 1 aromatic rings. The topological polar surface area (TPSA) is 65.5 Å². The summed E-state index contributed by atoms with van der Waals surface area (Å²) < 4.78 is 0. The van der Waals surface area contributed by atoms with Crippen LogP contribution in [0.25, 0.3) is 0 Å². The normalized spacial score (nSPS) is 18.3. The molecule has 2 unspecified atom stereocenters. The van der Waals surface area contributed by atoms with Crippen LogP contribution in [-0.4, -0.2) is 42.2 Å². The summed E-state index contributed by atoms with van der Waals surface area (Å²) in [6, 6.07) is 2.20.